The molecule has 0 unspecified atom stereocenters. The molecule has 1 N–H and O–H groups in total. The number of aliphatic hydroxyl groups excluding tert-OH is 1. The highest BCUT2D eigenvalue weighted by molar-refractivity contribution is 6.46. The minimum atomic E-state index is -0.756. The number of likely N-dealkylation sites (tertiary alicyclic amines) is 1. The van der Waals surface area contributed by atoms with Gasteiger partial charge in [0.1, 0.15) is 11.5 Å². The first-order valence-electron chi connectivity index (χ1n) is 12.9. The van der Waals surface area contributed by atoms with E-state index in [0.717, 1.165) is 19.6 Å². The Morgan fingerprint density at radius 2 is 1.59 bits per heavy atom. The van der Waals surface area contributed by atoms with Gasteiger partial charge in [-0.05, 0) is 81.9 Å². The van der Waals surface area contributed by atoms with Gasteiger partial charge in [0.15, 0.2) is 11.5 Å². The molecule has 1 aliphatic rings. The van der Waals surface area contributed by atoms with E-state index in [0.29, 0.717) is 54.6 Å². The van der Waals surface area contributed by atoms with E-state index in [-0.39, 0.29) is 11.3 Å². The summed E-state index contributed by atoms with van der Waals surface area (Å²) in [6, 6.07) is 11.4. The Morgan fingerprint density at radius 1 is 0.946 bits per heavy atom. The van der Waals surface area contributed by atoms with Crippen molar-refractivity contribution in [2.45, 2.75) is 40.2 Å². The first-order valence-corrected chi connectivity index (χ1v) is 12.9. The van der Waals surface area contributed by atoms with Crippen molar-refractivity contribution < 1.29 is 28.9 Å². The van der Waals surface area contributed by atoms with Crippen LogP contribution in [0.25, 0.3) is 5.76 Å². The second-order valence-electron chi connectivity index (χ2n) is 8.67. The highest BCUT2D eigenvalue weighted by atomic mass is 16.5. The molecule has 0 aromatic heterocycles. The van der Waals surface area contributed by atoms with E-state index in [9.17, 15) is 14.7 Å². The van der Waals surface area contributed by atoms with Gasteiger partial charge in [-0.2, -0.15) is 0 Å². The lowest BCUT2D eigenvalue weighted by Crippen LogP contribution is -2.33. The van der Waals surface area contributed by atoms with Crippen LogP contribution < -0.4 is 14.2 Å². The predicted octanol–water partition coefficient (Wildman–Crippen LogP) is 4.65. The zero-order valence-electron chi connectivity index (χ0n) is 22.5. The maximum atomic E-state index is 13.3. The lowest BCUT2D eigenvalue weighted by atomic mass is 9.95. The van der Waals surface area contributed by atoms with E-state index in [4.69, 9.17) is 14.2 Å². The molecule has 8 nitrogen and oxygen atoms in total. The number of carbonyl (C=O) groups excluding carboxylic acids is 2. The number of nitrogens with zero attached hydrogens (tertiary/aromatic N) is 2. The van der Waals surface area contributed by atoms with Gasteiger partial charge in [-0.1, -0.05) is 19.9 Å². The van der Waals surface area contributed by atoms with Gasteiger partial charge in [0, 0.05) is 12.1 Å². The van der Waals surface area contributed by atoms with Gasteiger partial charge in [0.2, 0.25) is 0 Å². The Balaban J connectivity index is 2.09. The molecule has 1 aliphatic heterocycles. The number of benzene rings is 2. The number of hydrogen-bond donors (Lipinski definition) is 1. The van der Waals surface area contributed by atoms with E-state index in [2.05, 4.69) is 18.7 Å². The third-order valence-electron chi connectivity index (χ3n) is 6.55. The van der Waals surface area contributed by atoms with Crippen LogP contribution in [0.1, 0.15) is 51.3 Å². The summed E-state index contributed by atoms with van der Waals surface area (Å²) in [5, 5.41) is 11.3. The van der Waals surface area contributed by atoms with Gasteiger partial charge >= 0.3 is 0 Å². The third kappa shape index (κ3) is 6.25. The number of hydrogen-bond acceptors (Lipinski definition) is 7. The monoisotopic (exact) mass is 510 g/mol. The Hall–Kier alpha value is -3.52. The summed E-state index contributed by atoms with van der Waals surface area (Å²) < 4.78 is 16.7. The van der Waals surface area contributed by atoms with E-state index >= 15 is 0 Å². The number of ether oxygens (including phenoxy) is 3. The van der Waals surface area contributed by atoms with Crippen LogP contribution >= 0.6 is 0 Å². The number of carbonyl (C=O) groups is 2. The van der Waals surface area contributed by atoms with Crippen LogP contribution in [-0.4, -0.2) is 73.1 Å². The van der Waals surface area contributed by atoms with Crippen LogP contribution in [0.4, 0.5) is 0 Å². The standard InChI is InChI=1S/C29H38N2O6/c1-6-30(7-2)17-10-18-31-26(21-13-16-23(36-8-3)24(19-21)37-9-4)25(28(33)29(31)34)27(32)20-11-14-22(35-5)15-12-20/h11-16,19,26,32H,6-10,17-18H2,1-5H3/b27-25+/t26-/m1/s1. The molecular weight excluding hydrogens is 472 g/mol. The number of ketones is 1. The molecule has 2 aromatic carbocycles. The Morgan fingerprint density at radius 3 is 2.19 bits per heavy atom. The molecule has 0 spiro atoms. The molecule has 0 saturated carbocycles. The molecule has 1 heterocycles. The molecule has 200 valence electrons. The zero-order valence-corrected chi connectivity index (χ0v) is 22.5. The molecule has 0 radical (unpaired) electrons. The van der Waals surface area contributed by atoms with Gasteiger partial charge in [-0.3, -0.25) is 9.59 Å². The Labute approximate surface area is 219 Å². The highest BCUT2D eigenvalue weighted by Crippen LogP contribution is 2.42. The van der Waals surface area contributed by atoms with Crippen molar-refractivity contribution in [3.63, 3.8) is 0 Å². The van der Waals surface area contributed by atoms with Gasteiger partial charge < -0.3 is 29.1 Å². The molecule has 0 aliphatic carbocycles. The van der Waals surface area contributed by atoms with Crippen molar-refractivity contribution >= 4 is 17.4 Å². The summed E-state index contributed by atoms with van der Waals surface area (Å²) in [6.45, 7) is 11.9. The van der Waals surface area contributed by atoms with E-state index in [1.165, 1.54) is 0 Å². The molecule has 3 rings (SSSR count). The van der Waals surface area contributed by atoms with Gasteiger partial charge in [-0.15, -0.1) is 0 Å². The van der Waals surface area contributed by atoms with Crippen LogP contribution in [0, 0.1) is 0 Å². The smallest absolute Gasteiger partial charge is 0.295 e. The van der Waals surface area contributed by atoms with Crippen LogP contribution in [0.2, 0.25) is 0 Å². The highest BCUT2D eigenvalue weighted by Gasteiger charge is 2.46. The SMILES string of the molecule is CCOc1ccc([C@@H]2/C(=C(\O)c3ccc(OC)cc3)C(=O)C(=O)N2CCCN(CC)CC)cc1OCC. The van der Waals surface area contributed by atoms with Crippen LogP contribution in [0.3, 0.4) is 0 Å². The first kappa shape index (κ1) is 28.1. The fraction of sp³-hybridized carbons (Fsp3) is 0.448. The van der Waals surface area contributed by atoms with Crippen molar-refractivity contribution in [2.24, 2.45) is 0 Å². The molecule has 1 fully saturated rings. The Kier molecular flexibility index (Phi) is 9.97. The molecule has 1 amide bonds. The lowest BCUT2D eigenvalue weighted by Gasteiger charge is -2.27. The fourth-order valence-corrected chi connectivity index (χ4v) is 4.60. The maximum Gasteiger partial charge on any atom is 0.295 e. The quantitative estimate of drug-likeness (QED) is 0.238. The van der Waals surface area contributed by atoms with Crippen LogP contribution in [-0.2, 0) is 9.59 Å². The predicted molar refractivity (Wildman–Crippen MR) is 143 cm³/mol. The summed E-state index contributed by atoms with van der Waals surface area (Å²) in [5.41, 5.74) is 1.16. The maximum absolute atomic E-state index is 13.3. The zero-order chi connectivity index (χ0) is 26.9. The van der Waals surface area contributed by atoms with Crippen molar-refractivity contribution in [1.82, 2.24) is 9.80 Å². The third-order valence-corrected chi connectivity index (χ3v) is 6.55. The molecule has 2 aromatic rings. The lowest BCUT2D eigenvalue weighted by molar-refractivity contribution is -0.140. The molecule has 37 heavy (non-hydrogen) atoms. The summed E-state index contributed by atoms with van der Waals surface area (Å²) in [4.78, 5) is 30.4. The second-order valence-corrected chi connectivity index (χ2v) is 8.67. The number of rotatable bonds is 13. The number of amides is 1. The van der Waals surface area contributed by atoms with Crippen LogP contribution in [0.5, 0.6) is 17.2 Å². The molecule has 8 heteroatoms. The topological polar surface area (TPSA) is 88.5 Å². The number of methoxy groups -OCH3 is 1. The van der Waals surface area contributed by atoms with Crippen molar-refractivity contribution in [3.05, 3.63) is 59.2 Å². The summed E-state index contributed by atoms with van der Waals surface area (Å²) in [5.74, 6) is 0.197. The average molecular weight is 511 g/mol. The molecule has 1 saturated heterocycles. The van der Waals surface area contributed by atoms with Crippen LogP contribution in [0.15, 0.2) is 48.0 Å². The fourth-order valence-electron chi connectivity index (χ4n) is 4.60. The van der Waals surface area contributed by atoms with Gasteiger partial charge in [0.05, 0.1) is 31.9 Å². The largest absolute Gasteiger partial charge is 0.507 e. The van der Waals surface area contributed by atoms with E-state index in [1.54, 1.807) is 48.4 Å². The minimum absolute atomic E-state index is 0.0598. The minimum Gasteiger partial charge on any atom is -0.507 e. The number of Topliss-reactive ketones (excluding diaryl/α,β-unsaturated/α-hetero) is 1. The Bertz CT molecular complexity index is 1110. The second kappa shape index (κ2) is 13.1. The van der Waals surface area contributed by atoms with Crippen molar-refractivity contribution in [1.29, 1.82) is 0 Å². The summed E-state index contributed by atoms with van der Waals surface area (Å²) in [7, 11) is 1.56. The van der Waals surface area contributed by atoms with E-state index in [1.807, 2.05) is 19.9 Å². The first-order chi connectivity index (χ1) is 17.9. The molecule has 0 bridgehead atoms. The summed E-state index contributed by atoms with van der Waals surface area (Å²) in [6.07, 6.45) is 0.698. The number of aliphatic hydroxyl groups is 1. The van der Waals surface area contributed by atoms with Crippen molar-refractivity contribution in [2.75, 3.05) is 46.5 Å². The summed E-state index contributed by atoms with van der Waals surface area (Å²) >= 11 is 0. The van der Waals surface area contributed by atoms with Gasteiger partial charge in [0.25, 0.3) is 11.7 Å². The van der Waals surface area contributed by atoms with E-state index < -0.39 is 17.7 Å². The molecule has 1 atom stereocenters. The van der Waals surface area contributed by atoms with Crippen molar-refractivity contribution in [3.8, 4) is 17.2 Å². The van der Waals surface area contributed by atoms with Gasteiger partial charge in [-0.25, -0.2) is 0 Å². The molecular formula is C29H38N2O6. The average Bonchev–Trinajstić information content (AvgIpc) is 3.17. The normalized spacial score (nSPS) is 16.9.